The molecule has 1 nitrogen and oxygen atoms in total. The number of hydrogen-bond donors (Lipinski definition) is 0. The summed E-state index contributed by atoms with van der Waals surface area (Å²) in [6.07, 6.45) is 9.71. The van der Waals surface area contributed by atoms with Crippen molar-refractivity contribution in [3.05, 3.63) is 70.8 Å². The van der Waals surface area contributed by atoms with Gasteiger partial charge in [0, 0.05) is 16.9 Å². The van der Waals surface area contributed by atoms with Crippen LogP contribution in [0.5, 0.6) is 0 Å². The summed E-state index contributed by atoms with van der Waals surface area (Å²) in [6.45, 7) is 1.27. The minimum Gasteiger partial charge on any atom is -0.301 e. The van der Waals surface area contributed by atoms with Crippen molar-refractivity contribution in [3.8, 4) is 0 Å². The number of nitrogens with zero attached hydrogens (tertiary/aromatic N) is 1. The monoisotopic (exact) mass is 343 g/mol. The number of benzene rings is 2. The van der Waals surface area contributed by atoms with Gasteiger partial charge in [-0.15, -0.1) is 0 Å². The SMILES string of the molecule is CN(CCCC12CCC(c3ccccc31)c1ccccc12)C12CC(C1)C2. The smallest absolute Gasteiger partial charge is 0.0214 e. The Morgan fingerprint density at radius 3 is 2.12 bits per heavy atom. The third-order valence-electron chi connectivity index (χ3n) is 8.48. The molecule has 0 unspecified atom stereocenters. The molecule has 3 fully saturated rings. The maximum Gasteiger partial charge on any atom is 0.0214 e. The molecule has 0 aromatic heterocycles. The van der Waals surface area contributed by atoms with Gasteiger partial charge in [0.1, 0.15) is 0 Å². The molecule has 26 heavy (non-hydrogen) atoms. The van der Waals surface area contributed by atoms with Gasteiger partial charge in [0.25, 0.3) is 0 Å². The van der Waals surface area contributed by atoms with Crippen LogP contribution >= 0.6 is 0 Å². The predicted molar refractivity (Wildman–Crippen MR) is 107 cm³/mol. The van der Waals surface area contributed by atoms with Crippen LogP contribution in [0.2, 0.25) is 0 Å². The minimum absolute atomic E-state index is 0.266. The second kappa shape index (κ2) is 5.23. The van der Waals surface area contributed by atoms with Gasteiger partial charge in [0.15, 0.2) is 0 Å². The van der Waals surface area contributed by atoms with E-state index in [-0.39, 0.29) is 5.41 Å². The first-order valence-electron chi connectivity index (χ1n) is 10.6. The molecular formula is C25H29N. The van der Waals surface area contributed by atoms with Crippen molar-refractivity contribution in [2.75, 3.05) is 13.6 Å². The maximum absolute atomic E-state index is 2.70. The maximum atomic E-state index is 2.70. The van der Waals surface area contributed by atoms with Gasteiger partial charge in [0.05, 0.1) is 0 Å². The number of fused-ring (bicyclic) bond motifs is 1. The van der Waals surface area contributed by atoms with Crippen molar-refractivity contribution >= 4 is 0 Å². The zero-order valence-corrected chi connectivity index (χ0v) is 15.9. The summed E-state index contributed by atoms with van der Waals surface area (Å²) < 4.78 is 0. The summed E-state index contributed by atoms with van der Waals surface area (Å²) in [5.41, 5.74) is 7.39. The lowest BCUT2D eigenvalue weighted by atomic mass is 9.49. The van der Waals surface area contributed by atoms with Crippen LogP contribution in [-0.2, 0) is 5.41 Å². The zero-order valence-electron chi connectivity index (χ0n) is 15.9. The van der Waals surface area contributed by atoms with Crippen LogP contribution in [0.1, 0.15) is 73.1 Å². The topological polar surface area (TPSA) is 3.24 Å². The van der Waals surface area contributed by atoms with Gasteiger partial charge in [-0.2, -0.15) is 0 Å². The van der Waals surface area contributed by atoms with Crippen molar-refractivity contribution in [2.45, 2.75) is 61.8 Å². The van der Waals surface area contributed by atoms with E-state index in [0.717, 1.165) is 5.92 Å². The van der Waals surface area contributed by atoms with Crippen LogP contribution in [-0.4, -0.2) is 24.0 Å². The van der Waals surface area contributed by atoms with Gasteiger partial charge < -0.3 is 4.90 Å². The van der Waals surface area contributed by atoms with E-state index in [2.05, 4.69) is 60.5 Å². The lowest BCUT2D eigenvalue weighted by molar-refractivity contribution is -0.133. The number of rotatable bonds is 5. The molecule has 4 bridgehead atoms. The molecule has 134 valence electrons. The molecule has 2 aromatic rings. The largest absolute Gasteiger partial charge is 0.301 e. The van der Waals surface area contributed by atoms with E-state index in [9.17, 15) is 0 Å². The van der Waals surface area contributed by atoms with E-state index in [1.165, 1.54) is 51.5 Å². The van der Waals surface area contributed by atoms with E-state index in [1.54, 1.807) is 22.3 Å². The highest BCUT2D eigenvalue weighted by atomic mass is 15.2. The molecule has 0 amide bonds. The molecule has 0 saturated heterocycles. The van der Waals surface area contributed by atoms with Gasteiger partial charge in [-0.1, -0.05) is 48.5 Å². The Kier molecular flexibility index (Phi) is 3.11. The molecule has 1 heteroatoms. The molecule has 0 heterocycles. The van der Waals surface area contributed by atoms with Crippen LogP contribution in [0.15, 0.2) is 48.5 Å². The molecule has 0 atom stereocenters. The Balaban J connectivity index is 1.32. The van der Waals surface area contributed by atoms with E-state index < -0.39 is 0 Å². The van der Waals surface area contributed by atoms with E-state index >= 15 is 0 Å². The average Bonchev–Trinajstić information content (AvgIpc) is 2.60. The van der Waals surface area contributed by atoms with Crippen molar-refractivity contribution in [2.24, 2.45) is 5.92 Å². The fourth-order valence-electron chi connectivity index (χ4n) is 6.91. The van der Waals surface area contributed by atoms with E-state index in [4.69, 9.17) is 0 Å². The summed E-state index contributed by atoms with van der Waals surface area (Å²) in [5, 5.41) is 0. The molecule has 2 aromatic carbocycles. The van der Waals surface area contributed by atoms with Crippen LogP contribution in [0, 0.1) is 5.92 Å². The van der Waals surface area contributed by atoms with E-state index in [1.807, 2.05) is 0 Å². The van der Waals surface area contributed by atoms with Crippen molar-refractivity contribution in [1.29, 1.82) is 0 Å². The molecule has 0 spiro atoms. The molecular weight excluding hydrogens is 314 g/mol. The quantitative estimate of drug-likeness (QED) is 0.695. The molecule has 8 rings (SSSR count). The minimum atomic E-state index is 0.266. The Morgan fingerprint density at radius 2 is 1.54 bits per heavy atom. The fourth-order valence-corrected chi connectivity index (χ4v) is 6.91. The van der Waals surface area contributed by atoms with Gasteiger partial charge in [0.2, 0.25) is 0 Å². The number of hydrogen-bond acceptors (Lipinski definition) is 1. The van der Waals surface area contributed by atoms with Gasteiger partial charge >= 0.3 is 0 Å². The van der Waals surface area contributed by atoms with Crippen molar-refractivity contribution < 1.29 is 0 Å². The van der Waals surface area contributed by atoms with Crippen molar-refractivity contribution in [1.82, 2.24) is 4.90 Å². The first-order valence-corrected chi connectivity index (χ1v) is 10.6. The Morgan fingerprint density at radius 1 is 0.923 bits per heavy atom. The van der Waals surface area contributed by atoms with Crippen LogP contribution in [0.25, 0.3) is 0 Å². The summed E-state index contributed by atoms with van der Waals surface area (Å²) in [5.74, 6) is 1.70. The third-order valence-corrected chi connectivity index (χ3v) is 8.48. The molecule has 3 saturated carbocycles. The standard InChI is InChI=1S/C25H29N/c1-26(24-15-18(16-24)17-24)14-6-12-25-13-11-19(20-7-2-4-9-22(20)25)21-8-3-5-10-23(21)25/h2-5,7-10,18-19H,6,11-17H2,1H3. The molecule has 0 N–H and O–H groups in total. The summed E-state index contributed by atoms with van der Waals surface area (Å²) in [4.78, 5) is 2.70. The molecule has 0 aliphatic heterocycles. The second-order valence-corrected chi connectivity index (χ2v) is 9.58. The summed E-state index contributed by atoms with van der Waals surface area (Å²) in [7, 11) is 2.38. The van der Waals surface area contributed by atoms with Crippen molar-refractivity contribution in [3.63, 3.8) is 0 Å². The molecule has 6 aliphatic rings. The van der Waals surface area contributed by atoms with Crippen LogP contribution in [0.3, 0.4) is 0 Å². The third kappa shape index (κ3) is 1.85. The highest BCUT2D eigenvalue weighted by molar-refractivity contribution is 5.58. The highest BCUT2D eigenvalue weighted by Crippen LogP contribution is 2.61. The molecule has 6 aliphatic carbocycles. The Bertz CT molecular complexity index is 801. The summed E-state index contributed by atoms with van der Waals surface area (Å²) >= 11 is 0. The van der Waals surface area contributed by atoms with Gasteiger partial charge in [-0.3, -0.25) is 0 Å². The second-order valence-electron chi connectivity index (χ2n) is 9.58. The highest BCUT2D eigenvalue weighted by Gasteiger charge is 2.58. The molecule has 0 radical (unpaired) electrons. The Labute approximate surface area is 157 Å². The first-order chi connectivity index (χ1) is 12.7. The zero-order chi connectivity index (χ0) is 17.4. The van der Waals surface area contributed by atoms with Crippen LogP contribution < -0.4 is 0 Å². The van der Waals surface area contributed by atoms with Crippen LogP contribution in [0.4, 0.5) is 0 Å². The lowest BCUT2D eigenvalue weighted by Gasteiger charge is -2.66. The average molecular weight is 344 g/mol. The fraction of sp³-hybridized carbons (Fsp3) is 0.520. The van der Waals surface area contributed by atoms with Gasteiger partial charge in [-0.05, 0) is 86.7 Å². The van der Waals surface area contributed by atoms with Gasteiger partial charge in [-0.25, -0.2) is 0 Å². The Hall–Kier alpha value is -1.60. The predicted octanol–water partition coefficient (Wildman–Crippen LogP) is 5.48. The summed E-state index contributed by atoms with van der Waals surface area (Å²) in [6, 6.07) is 18.7. The first kappa shape index (κ1) is 15.5. The normalized spacial score (nSPS) is 35.5. The lowest BCUT2D eigenvalue weighted by Crippen LogP contribution is -2.67. The van der Waals surface area contributed by atoms with E-state index in [0.29, 0.717) is 11.5 Å².